The standard InChI is InChI=1S/C56H96N4O18P2S/c1-4-5-6-7-8-9-10-17-20-23-26-29-34-48(46(61)33-31-35-50(62)63)81-42-45(57)55(67)73-39-44(76-51(64)36-30-27-24-21-18-15-13-11-12-14-16-19-22-25-28-32-43(2)3)40-74-79(69,70)78-80(71,72)75-41-47-52(65)53(66)54(77-47)60-38-37-49(58)59-56(60)68/h8-9,17,20,23,26,29,34,37-38,43-48,52-54,61,65-66H,4-7,10-16,18-19,21-22,24-25,27-28,30-33,35-36,39-42,57H2,1-3H3,(H,62,63)(H,69,70)(H,71,72)(H2,58,59,68)/b9-8-,20-17-,26-23+,34-29+/t44-,45+,46+,47-,48-,52-,53-,54-/m1/s1. The minimum Gasteiger partial charge on any atom is -0.481 e. The molecule has 1 aromatic heterocycles. The smallest absolute Gasteiger partial charge is 0.481 e. The minimum atomic E-state index is -5.56. The van der Waals surface area contributed by atoms with E-state index in [9.17, 15) is 53.4 Å². The number of hydrogen-bond acceptors (Lipinski definition) is 19. The SMILES string of the molecule is CCCCC/C=C\C\C=C/C=C/C=C/[C@@H](SC[C@H](N)C(=O)OC[C@H](COP(=O)(O)OP(=O)(O)OC[C@H]1O[C@@H](n2ccc(N)nc2=O)[C@H](O)[C@@H]1O)OC(=O)CCCCCCCCCCCCCCCCCC(C)C)[C@@H](O)CCCC(=O)O. The summed E-state index contributed by atoms with van der Waals surface area (Å²) in [7, 11) is -11.1. The van der Waals surface area contributed by atoms with Gasteiger partial charge in [-0.2, -0.15) is 9.29 Å². The number of unbranched alkanes of at least 4 members (excludes halogenated alkanes) is 17. The highest BCUT2D eigenvalue weighted by atomic mass is 32.2. The zero-order valence-corrected chi connectivity index (χ0v) is 50.5. The van der Waals surface area contributed by atoms with E-state index in [0.717, 1.165) is 79.8 Å². The number of esters is 2. The molecule has 0 aromatic carbocycles. The van der Waals surface area contributed by atoms with Crippen molar-refractivity contribution in [1.29, 1.82) is 0 Å². The summed E-state index contributed by atoms with van der Waals surface area (Å²) in [5.41, 5.74) is 10.8. The van der Waals surface area contributed by atoms with E-state index >= 15 is 0 Å². The highest BCUT2D eigenvalue weighted by Crippen LogP contribution is 2.60. The molecule has 10 atom stereocenters. The molecule has 1 aliphatic heterocycles. The van der Waals surface area contributed by atoms with Crippen molar-refractivity contribution in [1.82, 2.24) is 9.55 Å². The topological polar surface area (TPSA) is 349 Å². The number of anilines is 1. The van der Waals surface area contributed by atoms with Crippen LogP contribution in [0.25, 0.3) is 0 Å². The van der Waals surface area contributed by atoms with Crippen LogP contribution < -0.4 is 17.2 Å². The number of allylic oxidation sites excluding steroid dienone is 7. The van der Waals surface area contributed by atoms with Crippen LogP contribution >= 0.6 is 27.4 Å². The van der Waals surface area contributed by atoms with Crippen LogP contribution in [0.3, 0.4) is 0 Å². The number of nitrogens with two attached hydrogens (primary N) is 2. The molecule has 2 unspecified atom stereocenters. The fourth-order valence-corrected chi connectivity index (χ4v) is 11.7. The summed E-state index contributed by atoms with van der Waals surface area (Å²) >= 11 is 1.12. The number of aliphatic carboxylic acids is 1. The molecule has 10 N–H and O–H groups in total. The number of nitrogens with zero attached hydrogens (tertiary/aromatic N) is 2. The lowest BCUT2D eigenvalue weighted by atomic mass is 10.0. The number of aliphatic hydroxyl groups is 3. The van der Waals surface area contributed by atoms with Gasteiger partial charge in [0, 0.05) is 30.0 Å². The fraction of sp³-hybridized carbons (Fsp3) is 0.732. The van der Waals surface area contributed by atoms with Crippen LogP contribution in [0.1, 0.15) is 188 Å². The highest BCUT2D eigenvalue weighted by molar-refractivity contribution is 8.00. The van der Waals surface area contributed by atoms with Crippen LogP contribution in [0.15, 0.2) is 65.7 Å². The molecule has 81 heavy (non-hydrogen) atoms. The van der Waals surface area contributed by atoms with Crippen LogP contribution in [0.2, 0.25) is 0 Å². The third kappa shape index (κ3) is 35.4. The largest absolute Gasteiger partial charge is 0.481 e. The minimum absolute atomic E-state index is 0.0505. The quantitative estimate of drug-likeness (QED) is 0.00989. The van der Waals surface area contributed by atoms with Crippen molar-refractivity contribution < 1.29 is 81.3 Å². The molecule has 0 spiro atoms. The molecule has 0 aliphatic carbocycles. The third-order valence-electron chi connectivity index (χ3n) is 13.1. The lowest BCUT2D eigenvalue weighted by molar-refractivity contribution is -0.161. The number of phosphoric acid groups is 2. The number of rotatable bonds is 48. The van der Waals surface area contributed by atoms with Crippen molar-refractivity contribution in [3.05, 3.63) is 71.4 Å². The van der Waals surface area contributed by atoms with Gasteiger partial charge in [0.05, 0.1) is 19.3 Å². The Labute approximate surface area is 483 Å². The monoisotopic (exact) mass is 1210 g/mol. The summed E-state index contributed by atoms with van der Waals surface area (Å²) < 4.78 is 57.2. The molecule has 1 fully saturated rings. The van der Waals surface area contributed by atoms with Gasteiger partial charge in [-0.15, -0.1) is 11.8 Å². The van der Waals surface area contributed by atoms with Gasteiger partial charge in [0.25, 0.3) is 0 Å². The summed E-state index contributed by atoms with van der Waals surface area (Å²) in [6, 6.07) is -0.0711. The third-order valence-corrected chi connectivity index (χ3v) is 17.1. The van der Waals surface area contributed by atoms with E-state index < -0.39 is 107 Å². The number of thioether (sulfide) groups is 1. The highest BCUT2D eigenvalue weighted by Gasteiger charge is 2.46. The molecule has 25 heteroatoms. The Hall–Kier alpha value is -3.54. The average Bonchev–Trinajstić information content (AvgIpc) is 3.68. The fourth-order valence-electron chi connectivity index (χ4n) is 8.47. The first kappa shape index (κ1) is 73.6. The number of aliphatic hydroxyl groups excluding tert-OH is 3. The Bertz CT molecular complexity index is 2200. The van der Waals surface area contributed by atoms with Gasteiger partial charge in [-0.1, -0.05) is 179 Å². The molecular formula is C56H96N4O18P2S. The van der Waals surface area contributed by atoms with Crippen molar-refractivity contribution in [2.24, 2.45) is 11.7 Å². The van der Waals surface area contributed by atoms with Gasteiger partial charge in [-0.05, 0) is 50.5 Å². The first-order valence-corrected chi connectivity index (χ1v) is 33.0. The lowest BCUT2D eigenvalue weighted by Gasteiger charge is -2.23. The van der Waals surface area contributed by atoms with Crippen LogP contribution in [0.4, 0.5) is 5.82 Å². The molecule has 2 rings (SSSR count). The predicted octanol–water partition coefficient (Wildman–Crippen LogP) is 9.68. The molecule has 0 bridgehead atoms. The van der Waals surface area contributed by atoms with Crippen molar-refractivity contribution in [2.45, 2.75) is 229 Å². The van der Waals surface area contributed by atoms with E-state index in [1.54, 1.807) is 18.2 Å². The Morgan fingerprint density at radius 1 is 0.790 bits per heavy atom. The second-order valence-corrected chi connectivity index (χ2v) is 25.1. The van der Waals surface area contributed by atoms with Gasteiger partial charge >= 0.3 is 39.2 Å². The Morgan fingerprint density at radius 3 is 2.02 bits per heavy atom. The molecule has 1 aromatic rings. The van der Waals surface area contributed by atoms with Crippen LogP contribution in [-0.2, 0) is 51.1 Å². The van der Waals surface area contributed by atoms with E-state index in [4.69, 9.17) is 39.8 Å². The van der Waals surface area contributed by atoms with Gasteiger partial charge in [0.2, 0.25) is 0 Å². The van der Waals surface area contributed by atoms with E-state index in [-0.39, 0.29) is 37.3 Å². The second kappa shape index (κ2) is 43.1. The Morgan fingerprint density at radius 2 is 1.41 bits per heavy atom. The number of aromatic nitrogens is 2. The molecule has 464 valence electrons. The van der Waals surface area contributed by atoms with Crippen molar-refractivity contribution in [3.63, 3.8) is 0 Å². The summed E-state index contributed by atoms with van der Waals surface area (Å²) in [5.74, 6) is -2.16. The lowest BCUT2D eigenvalue weighted by Crippen LogP contribution is -2.38. The average molecular weight is 1210 g/mol. The van der Waals surface area contributed by atoms with E-state index in [1.165, 1.54) is 83.1 Å². The van der Waals surface area contributed by atoms with E-state index in [0.29, 0.717) is 6.42 Å². The number of hydrogen-bond donors (Lipinski definition) is 8. The van der Waals surface area contributed by atoms with E-state index in [2.05, 4.69) is 42.2 Å². The molecule has 1 saturated heterocycles. The molecule has 0 radical (unpaired) electrons. The maximum absolute atomic E-state index is 13.2. The Balaban J connectivity index is 2.01. The molecular weight excluding hydrogens is 1110 g/mol. The normalized spacial score (nSPS) is 19.8. The van der Waals surface area contributed by atoms with Crippen molar-refractivity contribution in [2.75, 3.05) is 31.3 Å². The number of carbonyl (C=O) groups is 3. The Kier molecular flexibility index (Phi) is 39.2. The summed E-state index contributed by atoms with van der Waals surface area (Å²) in [4.78, 5) is 74.2. The summed E-state index contributed by atoms with van der Waals surface area (Å²) in [5, 5.41) is 40.5. The molecule has 22 nitrogen and oxygen atoms in total. The van der Waals surface area contributed by atoms with E-state index in [1.807, 2.05) is 18.2 Å². The second-order valence-electron chi connectivity index (χ2n) is 20.8. The molecule has 0 amide bonds. The number of nitrogen functional groups attached to an aromatic ring is 1. The molecule has 2 heterocycles. The first-order valence-electron chi connectivity index (χ1n) is 28.9. The molecule has 0 saturated carbocycles. The van der Waals surface area contributed by atoms with Gasteiger partial charge < -0.3 is 55.9 Å². The van der Waals surface area contributed by atoms with Crippen LogP contribution in [0, 0.1) is 5.92 Å². The van der Waals surface area contributed by atoms with Crippen LogP contribution in [0.5, 0.6) is 0 Å². The number of carboxylic acid groups (broad SMARTS) is 1. The maximum Gasteiger partial charge on any atom is 0.481 e. The predicted molar refractivity (Wildman–Crippen MR) is 313 cm³/mol. The number of ether oxygens (including phenoxy) is 3. The zero-order valence-electron chi connectivity index (χ0n) is 47.9. The summed E-state index contributed by atoms with van der Waals surface area (Å²) in [6.07, 6.45) is 30.9. The summed E-state index contributed by atoms with van der Waals surface area (Å²) in [6.45, 7) is 3.97. The van der Waals surface area contributed by atoms with Gasteiger partial charge in [0.1, 0.15) is 36.8 Å². The van der Waals surface area contributed by atoms with Crippen LogP contribution in [-0.4, -0.2) is 125 Å². The number of phosphoric ester groups is 2. The number of carboxylic acids is 1. The number of carbonyl (C=O) groups excluding carboxylic acids is 2. The van der Waals surface area contributed by atoms with Crippen molar-refractivity contribution in [3.8, 4) is 0 Å². The van der Waals surface area contributed by atoms with Gasteiger partial charge in [-0.3, -0.25) is 28.0 Å². The van der Waals surface area contributed by atoms with Gasteiger partial charge in [-0.25, -0.2) is 13.9 Å². The zero-order chi connectivity index (χ0) is 59.9. The molecule has 1 aliphatic rings. The maximum atomic E-state index is 13.2. The first-order chi connectivity index (χ1) is 38.6. The van der Waals surface area contributed by atoms with Crippen molar-refractivity contribution >= 4 is 51.1 Å². The van der Waals surface area contributed by atoms with Gasteiger partial charge in [0.15, 0.2) is 12.3 Å².